The van der Waals surface area contributed by atoms with Crippen LogP contribution < -0.4 is 14.8 Å². The summed E-state index contributed by atoms with van der Waals surface area (Å²) in [6, 6.07) is -14.4. The molecule has 0 bridgehead atoms. The van der Waals surface area contributed by atoms with Gasteiger partial charge in [-0.1, -0.05) is 12.1 Å². The Morgan fingerprint density at radius 1 is 1.13 bits per heavy atom. The highest BCUT2D eigenvalue weighted by molar-refractivity contribution is 7.92. The summed E-state index contributed by atoms with van der Waals surface area (Å²) in [7, 11) is -9.63. The molecule has 3 aromatic rings. The van der Waals surface area contributed by atoms with Gasteiger partial charge in [-0.25, -0.2) is 17.6 Å². The third-order valence-corrected chi connectivity index (χ3v) is 5.59. The number of rotatable bonds is 7. The molecule has 1 aliphatic rings. The van der Waals surface area contributed by atoms with Crippen molar-refractivity contribution in [2.45, 2.75) is 50.6 Å². The Labute approximate surface area is 258 Å². The van der Waals surface area contributed by atoms with Gasteiger partial charge in [0.05, 0.1) is 38.2 Å². The van der Waals surface area contributed by atoms with E-state index >= 15 is 0 Å². The van der Waals surface area contributed by atoms with E-state index in [1.807, 2.05) is 0 Å². The van der Waals surface area contributed by atoms with E-state index in [1.165, 1.54) is 20.8 Å². The number of benzene rings is 3. The topological polar surface area (TPSA) is 97.0 Å². The van der Waals surface area contributed by atoms with E-state index in [0.29, 0.717) is 4.90 Å². The maximum Gasteiger partial charge on any atom is 0.410 e. The summed E-state index contributed by atoms with van der Waals surface area (Å²) in [5, 5.41) is -0.416. The number of anilines is 2. The molecule has 1 aliphatic heterocycles. The van der Waals surface area contributed by atoms with Crippen LogP contribution in [0.5, 0.6) is 5.75 Å². The molecule has 0 radical (unpaired) electrons. The van der Waals surface area contributed by atoms with Gasteiger partial charge in [0.25, 0.3) is 10.0 Å². The van der Waals surface area contributed by atoms with E-state index in [2.05, 4.69) is 0 Å². The lowest BCUT2D eigenvalue weighted by Crippen LogP contribution is -2.38. The SMILES string of the molecule is [2H]c1c([2H])c(N([2H])C([2H])([2H])c2c([2H])c([2H])c(S(=O)(=O)N([2H])c3c([2H])c4c(c([2H])c3OC([2H])([2H])[2H])C([2H])C([2H])N(C(=O)OC(C)(C)C)C([2H])C4[2H])c([2H])c2[2H])c([2H])c([2H])c1F. The van der Waals surface area contributed by atoms with Crippen molar-refractivity contribution in [1.82, 2.24) is 4.90 Å². The molecule has 4 rings (SSSR count). The Kier molecular flexibility index (Phi) is 3.47. The fraction of sp³-hybridized carbons (Fsp3) is 0.345. The Hall–Kier alpha value is -3.79. The van der Waals surface area contributed by atoms with Gasteiger partial charge in [0.2, 0.25) is 0 Å². The zero-order chi connectivity index (χ0) is 46.4. The van der Waals surface area contributed by atoms with Crippen molar-refractivity contribution in [1.29, 1.82) is 0 Å². The van der Waals surface area contributed by atoms with Gasteiger partial charge in [-0.3, -0.25) is 4.72 Å². The van der Waals surface area contributed by atoms with Gasteiger partial charge < -0.3 is 19.7 Å². The van der Waals surface area contributed by atoms with Crippen LogP contribution in [0.3, 0.4) is 0 Å². The summed E-state index contributed by atoms with van der Waals surface area (Å²) in [6.45, 7) is -3.81. The van der Waals surface area contributed by atoms with Gasteiger partial charge in [0.15, 0.2) is 2.82 Å². The third kappa shape index (κ3) is 7.41. The van der Waals surface area contributed by atoms with E-state index in [9.17, 15) is 17.6 Å². The Morgan fingerprint density at radius 3 is 2.38 bits per heavy atom. The minimum absolute atomic E-state index is 0.324. The van der Waals surface area contributed by atoms with Crippen molar-refractivity contribution in [3.05, 3.63) is 82.9 Å². The highest BCUT2D eigenvalue weighted by atomic mass is 32.2. The number of ether oxygens (including phenoxy) is 2. The average Bonchev–Trinajstić information content (AvgIpc) is 3.18. The van der Waals surface area contributed by atoms with Crippen molar-refractivity contribution in [3.63, 3.8) is 0 Å². The first-order chi connectivity index (χ1) is 27.1. The molecule has 1 heterocycles. The number of sulfonamides is 1. The van der Waals surface area contributed by atoms with Gasteiger partial charge in [-0.15, -0.1) is 0 Å². The summed E-state index contributed by atoms with van der Waals surface area (Å²) in [5.74, 6) is -3.13. The van der Waals surface area contributed by atoms with Crippen LogP contribution in [-0.2, 0) is 34.1 Å². The predicted molar refractivity (Wildman–Crippen MR) is 149 cm³/mol. The zero-order valence-electron chi connectivity index (χ0n) is 41.5. The van der Waals surface area contributed by atoms with Crippen LogP contribution in [0, 0.1) is 5.82 Å². The molecule has 0 aromatic heterocycles. The largest absolute Gasteiger partial charge is 0.495 e. The highest BCUT2D eigenvalue weighted by Crippen LogP contribution is 2.32. The molecule has 4 unspecified atom stereocenters. The summed E-state index contributed by atoms with van der Waals surface area (Å²) in [4.78, 5) is 11.7. The van der Waals surface area contributed by atoms with Gasteiger partial charge in [0, 0.05) is 30.7 Å². The molecule has 0 fully saturated rings. The number of nitrogens with zero attached hydrogens (tertiary/aromatic N) is 1. The summed E-state index contributed by atoms with van der Waals surface area (Å²) in [5.41, 5.74) is -7.20. The second kappa shape index (κ2) is 11.5. The number of fused-ring (bicyclic) bond motifs is 1. The minimum atomic E-state index is -6.01. The van der Waals surface area contributed by atoms with Gasteiger partial charge >= 0.3 is 6.09 Å². The number of hydrogen-bond donors (Lipinski definition) is 2. The zero-order valence-corrected chi connectivity index (χ0v) is 21.3. The molecular weight excluding hydrogens is 521 g/mol. The molecule has 0 spiro atoms. The standard InChI is InChI=1S/C29H34FN3O5S/c1-29(2,3)38-28(34)33-15-13-21-17-26(27(37-4)18-22(21)14-16-33)32-39(35,36)25-11-5-20(6-12-25)19-31-24-9-7-23(30)8-10-24/h5-12,17-18,31-32H,13-16,19H2,1-4H3/i4D3,5D,6D,7D,8D,9D,10D,11D,12D,13D,14D,15D,16D,17D,18D,19D2/hD2. The van der Waals surface area contributed by atoms with Crippen molar-refractivity contribution in [2.24, 2.45) is 0 Å². The summed E-state index contributed by atoms with van der Waals surface area (Å²) in [6.07, 6.45) is -5.83. The number of halogens is 1. The van der Waals surface area contributed by atoms with E-state index in [-0.39, 0.29) is 0 Å². The van der Waals surface area contributed by atoms with Crippen LogP contribution in [0.1, 0.15) is 63.5 Å². The Balaban J connectivity index is 2.01. The fourth-order valence-corrected chi connectivity index (χ4v) is 3.63. The highest BCUT2D eigenvalue weighted by Gasteiger charge is 2.26. The number of amides is 1. The summed E-state index contributed by atoms with van der Waals surface area (Å²) >= 11 is 0. The first kappa shape index (κ1) is 11.8. The molecule has 8 nitrogen and oxygen atoms in total. The normalized spacial score (nSPS) is 29.6. The van der Waals surface area contributed by atoms with E-state index in [1.54, 1.807) is 0 Å². The molecule has 3 aromatic carbocycles. The Bertz CT molecular complexity index is 2320. The quantitative estimate of drug-likeness (QED) is 0.381. The second-order valence-corrected chi connectivity index (χ2v) is 10.1. The number of carbonyl (C=O) groups is 1. The van der Waals surface area contributed by atoms with Gasteiger partial charge in [-0.2, -0.15) is 0 Å². The average molecular weight is 577 g/mol. The van der Waals surface area contributed by atoms with Crippen LogP contribution in [0.2, 0.25) is 2.82 Å². The van der Waals surface area contributed by atoms with Gasteiger partial charge in [0.1, 0.15) is 17.2 Å². The monoisotopic (exact) mass is 576 g/mol. The molecule has 0 saturated heterocycles. The number of methoxy groups -OCH3 is 1. The minimum Gasteiger partial charge on any atom is -0.495 e. The first-order valence-electron chi connectivity index (χ1n) is 21.5. The maximum atomic E-state index is 14.2. The lowest BCUT2D eigenvalue weighted by Gasteiger charge is -2.26. The van der Waals surface area contributed by atoms with Crippen LogP contribution >= 0.6 is 0 Å². The molecule has 0 saturated carbocycles. The van der Waals surface area contributed by atoms with E-state index in [4.69, 9.17) is 38.3 Å². The van der Waals surface area contributed by atoms with Crippen molar-refractivity contribution >= 4 is 27.5 Å². The first-order valence-corrected chi connectivity index (χ1v) is 12.3. The van der Waals surface area contributed by atoms with Crippen molar-refractivity contribution in [2.75, 3.05) is 30.1 Å². The van der Waals surface area contributed by atoms with Crippen LogP contribution in [0.25, 0.3) is 0 Å². The molecule has 0 aliphatic carbocycles. The van der Waals surface area contributed by atoms with Crippen LogP contribution in [0.4, 0.5) is 20.6 Å². The lowest BCUT2D eigenvalue weighted by atomic mass is 10.0. The Morgan fingerprint density at radius 2 is 1.77 bits per heavy atom. The fourth-order valence-electron chi connectivity index (χ4n) is 2.81. The van der Waals surface area contributed by atoms with E-state index in [0.717, 1.165) is 0 Å². The molecule has 208 valence electrons. The van der Waals surface area contributed by atoms with Crippen molar-refractivity contribution in [3.8, 4) is 5.75 Å². The van der Waals surface area contributed by atoms with Crippen LogP contribution in [0.15, 0.2) is 65.3 Å². The molecule has 10 heteroatoms. The molecule has 1 amide bonds. The number of carbonyl (C=O) groups excluding carboxylic acids is 1. The smallest absolute Gasteiger partial charge is 0.410 e. The predicted octanol–water partition coefficient (Wildman–Crippen LogP) is 5.58. The molecule has 2 N–H and O–H groups in total. The van der Waals surface area contributed by atoms with Crippen LogP contribution in [-0.4, -0.2) is 45.1 Å². The number of hydrogen-bond acceptors (Lipinski definition) is 6. The van der Waals surface area contributed by atoms with Crippen molar-refractivity contribution < 1.29 is 55.9 Å². The molecule has 4 atom stereocenters. The number of nitrogens with one attached hydrogen (secondary N) is 2. The second-order valence-electron chi connectivity index (χ2n) is 8.53. The summed E-state index contributed by atoms with van der Waals surface area (Å²) < 4.78 is 227. The third-order valence-electron chi connectivity index (χ3n) is 4.45. The van der Waals surface area contributed by atoms with Gasteiger partial charge in [-0.05, 0) is 98.6 Å². The molecule has 39 heavy (non-hydrogen) atoms. The molecular formula is C29H34FN3O5S. The lowest BCUT2D eigenvalue weighted by molar-refractivity contribution is 0.0258. The van der Waals surface area contributed by atoms with E-state index < -0.39 is 176 Å². The maximum absolute atomic E-state index is 14.2.